The number of esters is 1. The lowest BCUT2D eigenvalue weighted by Gasteiger charge is -2.72. The van der Waals surface area contributed by atoms with Gasteiger partial charge in [0.2, 0.25) is 0 Å². The van der Waals surface area contributed by atoms with Crippen LogP contribution in [-0.2, 0) is 33.7 Å². The number of carbonyl (C=O) groups is 1. The van der Waals surface area contributed by atoms with E-state index < -0.39 is 25.4 Å². The van der Waals surface area contributed by atoms with Gasteiger partial charge >= 0.3 is 5.97 Å². The van der Waals surface area contributed by atoms with Gasteiger partial charge in [-0.3, -0.25) is 8.98 Å². The monoisotopic (exact) mass is 859 g/mol. The summed E-state index contributed by atoms with van der Waals surface area (Å²) < 4.78 is 58.7. The molecule has 0 bridgehead atoms. The van der Waals surface area contributed by atoms with Gasteiger partial charge in [-0.25, -0.2) is 8.42 Å². The smallest absolute Gasteiger partial charge is 0.312 e. The molecule has 334 valence electrons. The highest BCUT2D eigenvalue weighted by Crippen LogP contribution is 2.76. The molecule has 0 radical (unpaired) electrons. The van der Waals surface area contributed by atoms with Crippen molar-refractivity contribution in [2.45, 2.75) is 151 Å². The summed E-state index contributed by atoms with van der Waals surface area (Å²) in [4.78, 5) is 15.9. The van der Waals surface area contributed by atoms with Crippen LogP contribution in [0.25, 0.3) is 0 Å². The summed E-state index contributed by atoms with van der Waals surface area (Å²) in [6, 6.07) is 0. The third kappa shape index (κ3) is 8.03. The van der Waals surface area contributed by atoms with Crippen LogP contribution in [0.5, 0.6) is 0 Å². The van der Waals surface area contributed by atoms with E-state index in [-0.39, 0.29) is 57.4 Å². The second-order valence-corrected chi connectivity index (χ2v) is 26.2. The largest absolute Gasteiger partial charge is 0.463 e. The standard InChI is InChI=1S/C48H78N2O7S2/c1-33(2)36-15-22-48(49-26-27-50-28-31-59(54,55)32-29-50)24-23-45(8)38(41(36)48)11-12-40-44(7)18-16-37(43(5,6)39(44)17-19-46(40,45)9)35-13-20-47(21-14-35,42(51)57-34(3)4)25-30-56-58(10,52)53/h13,16,34,36,38-41,49H,1,11-12,14-15,17-32H2,2-10H3/t36-,38+,39-,40+,41+,44-,45+,46+,47?,48-/m0/s1. The first-order chi connectivity index (χ1) is 27.4. The molecule has 0 amide bonds. The first-order valence-electron chi connectivity index (χ1n) is 23.2. The van der Waals surface area contributed by atoms with E-state index in [0.29, 0.717) is 61.9 Å². The van der Waals surface area contributed by atoms with Crippen molar-refractivity contribution in [1.82, 2.24) is 10.2 Å². The second kappa shape index (κ2) is 15.9. The van der Waals surface area contributed by atoms with E-state index >= 15 is 0 Å². The summed E-state index contributed by atoms with van der Waals surface area (Å²) in [5.74, 6) is 3.29. The number of nitrogens with one attached hydrogen (secondary N) is 1. The summed E-state index contributed by atoms with van der Waals surface area (Å²) in [5, 5.41) is 4.22. The molecule has 0 aromatic rings. The number of fused-ring (bicyclic) bond motifs is 7. The van der Waals surface area contributed by atoms with Crippen molar-refractivity contribution >= 4 is 25.9 Å². The third-order valence-electron chi connectivity index (χ3n) is 18.6. The number of hydrogen-bond acceptors (Lipinski definition) is 9. The normalized spacial score (nSPS) is 41.8. The van der Waals surface area contributed by atoms with Gasteiger partial charge < -0.3 is 15.0 Å². The average Bonchev–Trinajstić information content (AvgIpc) is 3.52. The van der Waals surface area contributed by atoms with Crippen molar-refractivity contribution in [3.63, 3.8) is 0 Å². The van der Waals surface area contributed by atoms with Crippen LogP contribution < -0.4 is 5.32 Å². The Hall–Kier alpha value is -1.53. The molecule has 59 heavy (non-hydrogen) atoms. The first kappa shape index (κ1) is 45.5. The number of carbonyl (C=O) groups excluding carboxylic acids is 1. The topological polar surface area (TPSA) is 119 Å². The molecule has 0 spiro atoms. The van der Waals surface area contributed by atoms with E-state index in [2.05, 4.69) is 70.5 Å². The molecule has 11 heteroatoms. The zero-order valence-electron chi connectivity index (χ0n) is 38.1. The highest BCUT2D eigenvalue weighted by Gasteiger charge is 2.70. The Bertz CT molecular complexity index is 1930. The van der Waals surface area contributed by atoms with Crippen LogP contribution >= 0.6 is 0 Å². The molecule has 9 nitrogen and oxygen atoms in total. The molecule has 0 aromatic carbocycles. The van der Waals surface area contributed by atoms with E-state index in [0.717, 1.165) is 32.2 Å². The number of hydrogen-bond donors (Lipinski definition) is 1. The molecular weight excluding hydrogens is 781 g/mol. The maximum absolute atomic E-state index is 13.6. The molecule has 6 aliphatic carbocycles. The van der Waals surface area contributed by atoms with Crippen molar-refractivity contribution in [1.29, 1.82) is 0 Å². The van der Waals surface area contributed by atoms with Gasteiger partial charge in [0, 0.05) is 31.7 Å². The van der Waals surface area contributed by atoms with E-state index in [1.54, 1.807) is 0 Å². The number of ether oxygens (including phenoxy) is 1. The van der Waals surface area contributed by atoms with E-state index in [1.807, 2.05) is 13.8 Å². The lowest BCUT2D eigenvalue weighted by atomic mass is 9.33. The first-order valence-corrected chi connectivity index (χ1v) is 26.8. The number of nitrogens with zero attached hydrogens (tertiary/aromatic N) is 1. The molecule has 1 N–H and O–H groups in total. The maximum atomic E-state index is 13.6. The van der Waals surface area contributed by atoms with Crippen molar-refractivity contribution in [2.75, 3.05) is 50.5 Å². The summed E-state index contributed by atoms with van der Waals surface area (Å²) in [7, 11) is -6.49. The summed E-state index contributed by atoms with van der Waals surface area (Å²) >= 11 is 0. The minimum absolute atomic E-state index is 0.0174. The third-order valence-corrected chi connectivity index (χ3v) is 20.8. The maximum Gasteiger partial charge on any atom is 0.312 e. The van der Waals surface area contributed by atoms with Crippen LogP contribution in [0.2, 0.25) is 0 Å². The number of rotatable bonds is 12. The minimum atomic E-state index is -3.61. The zero-order valence-corrected chi connectivity index (χ0v) is 39.7. The highest BCUT2D eigenvalue weighted by molar-refractivity contribution is 7.91. The van der Waals surface area contributed by atoms with Crippen molar-refractivity contribution < 1.29 is 30.6 Å². The molecule has 10 atom stereocenters. The lowest BCUT2D eigenvalue weighted by molar-refractivity contribution is -0.221. The Morgan fingerprint density at radius 1 is 0.932 bits per heavy atom. The van der Waals surface area contributed by atoms with E-state index in [9.17, 15) is 21.6 Å². The summed E-state index contributed by atoms with van der Waals surface area (Å²) in [5.41, 5.74) is 4.16. The Morgan fingerprint density at radius 3 is 2.27 bits per heavy atom. The summed E-state index contributed by atoms with van der Waals surface area (Å²) in [6.45, 7) is 26.8. The van der Waals surface area contributed by atoms with Gasteiger partial charge in [-0.15, -0.1) is 0 Å². The van der Waals surface area contributed by atoms with Gasteiger partial charge in [-0.05, 0) is 167 Å². The molecule has 0 aromatic heterocycles. The fourth-order valence-corrected chi connectivity index (χ4v) is 17.1. The van der Waals surface area contributed by atoms with Gasteiger partial charge in [-0.2, -0.15) is 8.42 Å². The Balaban J connectivity index is 1.11. The number of sulfone groups is 1. The molecule has 1 aliphatic heterocycles. The predicted molar refractivity (Wildman–Crippen MR) is 237 cm³/mol. The Labute approximate surface area is 358 Å². The minimum Gasteiger partial charge on any atom is -0.463 e. The Kier molecular flexibility index (Phi) is 12.3. The second-order valence-electron chi connectivity index (χ2n) is 22.2. The Morgan fingerprint density at radius 2 is 1.64 bits per heavy atom. The fourth-order valence-electron chi connectivity index (χ4n) is 15.4. The van der Waals surface area contributed by atoms with Crippen LogP contribution in [0.3, 0.4) is 0 Å². The molecular formula is C48H78N2O7S2. The van der Waals surface area contributed by atoms with Gasteiger partial charge in [0.05, 0.1) is 35.9 Å². The van der Waals surface area contributed by atoms with Crippen LogP contribution in [0.1, 0.15) is 139 Å². The quantitative estimate of drug-likeness (QED) is 0.117. The molecule has 1 heterocycles. The fraction of sp³-hybridized carbons (Fsp3) is 0.854. The molecule has 7 rings (SSSR count). The van der Waals surface area contributed by atoms with Crippen molar-refractivity contribution in [2.24, 2.45) is 56.7 Å². The molecule has 1 saturated heterocycles. The molecule has 5 fully saturated rings. The van der Waals surface area contributed by atoms with E-state index in [1.165, 1.54) is 68.1 Å². The van der Waals surface area contributed by atoms with E-state index in [4.69, 9.17) is 8.92 Å². The lowest BCUT2D eigenvalue weighted by Crippen LogP contribution is -2.68. The van der Waals surface area contributed by atoms with Crippen LogP contribution in [0.15, 0.2) is 35.5 Å². The van der Waals surface area contributed by atoms with Crippen LogP contribution in [0.4, 0.5) is 0 Å². The number of allylic oxidation sites excluding steroid dienone is 5. The van der Waals surface area contributed by atoms with Crippen molar-refractivity contribution in [3.05, 3.63) is 35.5 Å². The highest BCUT2D eigenvalue weighted by atomic mass is 32.2. The average molecular weight is 859 g/mol. The SMILES string of the molecule is C=C(C)[C@@H]1CC[C@]2(NCCN3CCS(=O)(=O)CC3)CC[C@]3(C)[C@H](CC[C@@H]4[C@@]5(C)CC=C(C6=CCC(CCOS(C)(=O)=O)(C(=O)OC(C)C)CC6)C(C)(C)[C@@H]5CC[C@]43C)[C@@H]12. The van der Waals surface area contributed by atoms with Gasteiger partial charge in [0.25, 0.3) is 10.1 Å². The predicted octanol–water partition coefficient (Wildman–Crippen LogP) is 8.67. The zero-order chi connectivity index (χ0) is 43.0. The van der Waals surface area contributed by atoms with Crippen LogP contribution in [0, 0.1) is 56.7 Å². The van der Waals surface area contributed by atoms with Crippen LogP contribution in [-0.4, -0.2) is 89.9 Å². The molecule has 7 aliphatic rings. The molecule has 4 saturated carbocycles. The molecule has 1 unspecified atom stereocenters. The van der Waals surface area contributed by atoms with Gasteiger partial charge in [-0.1, -0.05) is 58.9 Å². The van der Waals surface area contributed by atoms with Gasteiger partial charge in [0.1, 0.15) is 0 Å². The summed E-state index contributed by atoms with van der Waals surface area (Å²) in [6.07, 6.45) is 18.9. The van der Waals surface area contributed by atoms with Gasteiger partial charge in [0.15, 0.2) is 9.84 Å². The van der Waals surface area contributed by atoms with Crippen molar-refractivity contribution in [3.8, 4) is 0 Å².